The Bertz CT molecular complexity index is 1290. The van der Waals surface area contributed by atoms with Crippen LogP contribution in [0.5, 0.6) is 5.75 Å². The zero-order valence-electron chi connectivity index (χ0n) is 17.6. The van der Waals surface area contributed by atoms with E-state index in [9.17, 15) is 18.0 Å². The molecule has 0 radical (unpaired) electrons. The Hall–Kier alpha value is -3.37. The maximum atomic E-state index is 13.5. The first kappa shape index (κ1) is 21.8. The molecule has 0 aliphatic carbocycles. The fraction of sp³-hybridized carbons (Fsp3) is 0.273. The highest BCUT2D eigenvalue weighted by atomic mass is 32.2. The lowest BCUT2D eigenvalue weighted by Gasteiger charge is -2.27. The summed E-state index contributed by atoms with van der Waals surface area (Å²) in [4.78, 5) is 26.8. The summed E-state index contributed by atoms with van der Waals surface area (Å²) >= 11 is 0. The first-order valence-corrected chi connectivity index (χ1v) is 11.3. The molecular formula is C22H22N2O7S. The van der Waals surface area contributed by atoms with Crippen molar-refractivity contribution in [3.8, 4) is 5.75 Å². The van der Waals surface area contributed by atoms with Crippen LogP contribution in [0.15, 0.2) is 53.6 Å². The van der Waals surface area contributed by atoms with Gasteiger partial charge in [0.2, 0.25) is 0 Å². The molecule has 0 unspecified atom stereocenters. The van der Waals surface area contributed by atoms with Crippen molar-refractivity contribution in [3.63, 3.8) is 0 Å². The predicted molar refractivity (Wildman–Crippen MR) is 116 cm³/mol. The van der Waals surface area contributed by atoms with Gasteiger partial charge < -0.3 is 19.1 Å². The van der Waals surface area contributed by atoms with Gasteiger partial charge in [-0.25, -0.2) is 17.2 Å². The summed E-state index contributed by atoms with van der Waals surface area (Å²) < 4.78 is 43.5. The number of rotatable bonds is 5. The monoisotopic (exact) mass is 458 g/mol. The molecule has 1 aromatic heterocycles. The summed E-state index contributed by atoms with van der Waals surface area (Å²) in [7, 11) is -1.49. The van der Waals surface area contributed by atoms with Crippen LogP contribution in [-0.4, -0.2) is 69.7 Å². The van der Waals surface area contributed by atoms with Gasteiger partial charge in [0.15, 0.2) is 0 Å². The summed E-state index contributed by atoms with van der Waals surface area (Å²) in [5, 5.41) is 0.445. The first-order chi connectivity index (χ1) is 15.4. The molecule has 0 spiro atoms. The van der Waals surface area contributed by atoms with E-state index in [1.807, 2.05) is 0 Å². The average molecular weight is 458 g/mol. The van der Waals surface area contributed by atoms with Crippen LogP contribution in [0.4, 0.5) is 0 Å². The molecular weight excluding hydrogens is 436 g/mol. The van der Waals surface area contributed by atoms with Crippen molar-refractivity contribution in [2.24, 2.45) is 0 Å². The summed E-state index contributed by atoms with van der Waals surface area (Å²) in [5.74, 6) is -0.712. The van der Waals surface area contributed by atoms with Crippen LogP contribution >= 0.6 is 0 Å². The quantitative estimate of drug-likeness (QED) is 0.540. The van der Waals surface area contributed by atoms with Gasteiger partial charge in [-0.15, -0.1) is 0 Å². The van der Waals surface area contributed by atoms with Crippen LogP contribution in [-0.2, 0) is 19.5 Å². The van der Waals surface area contributed by atoms with Crippen LogP contribution in [0, 0.1) is 0 Å². The highest BCUT2D eigenvalue weighted by Crippen LogP contribution is 2.29. The second-order valence-corrected chi connectivity index (χ2v) is 8.93. The SMILES string of the molecule is COC(=O)c1cn(S(=O)(=O)c2ccc(OC)c(C(=O)N3CCOCC3)c2)c2ccccc12. The lowest BCUT2D eigenvalue weighted by atomic mass is 10.1. The van der Waals surface area contributed by atoms with E-state index in [2.05, 4.69) is 0 Å². The minimum atomic E-state index is -4.14. The molecule has 1 amide bonds. The van der Waals surface area contributed by atoms with Gasteiger partial charge in [0.05, 0.1) is 49.0 Å². The smallest absolute Gasteiger partial charge is 0.340 e. The number of carbonyl (C=O) groups excluding carboxylic acids is 2. The third-order valence-electron chi connectivity index (χ3n) is 5.34. The molecule has 1 fully saturated rings. The second-order valence-electron chi connectivity index (χ2n) is 7.12. The average Bonchev–Trinajstić information content (AvgIpc) is 3.24. The van der Waals surface area contributed by atoms with Gasteiger partial charge in [-0.3, -0.25) is 4.79 Å². The zero-order valence-corrected chi connectivity index (χ0v) is 18.4. The Balaban J connectivity index is 1.83. The molecule has 2 heterocycles. The Morgan fingerprint density at radius 3 is 2.41 bits per heavy atom. The van der Waals surface area contributed by atoms with Crippen LogP contribution in [0.25, 0.3) is 10.9 Å². The minimum absolute atomic E-state index is 0.105. The predicted octanol–water partition coefficient (Wildman–Crippen LogP) is 2.15. The lowest BCUT2D eigenvalue weighted by Crippen LogP contribution is -2.40. The highest BCUT2D eigenvalue weighted by Gasteiger charge is 2.27. The van der Waals surface area contributed by atoms with Gasteiger partial charge in [0, 0.05) is 24.7 Å². The Labute approximate surface area is 185 Å². The Kier molecular flexibility index (Phi) is 5.90. The number of para-hydroxylation sites is 1. The van der Waals surface area contributed by atoms with Crippen molar-refractivity contribution in [1.29, 1.82) is 0 Å². The number of fused-ring (bicyclic) bond motifs is 1. The molecule has 4 rings (SSSR count). The van der Waals surface area contributed by atoms with E-state index < -0.39 is 16.0 Å². The number of hydrogen-bond donors (Lipinski definition) is 0. The summed E-state index contributed by atoms with van der Waals surface area (Å²) in [6.45, 7) is 1.64. The van der Waals surface area contributed by atoms with Gasteiger partial charge in [0.1, 0.15) is 5.75 Å². The van der Waals surface area contributed by atoms with E-state index in [0.29, 0.717) is 37.2 Å². The molecule has 10 heteroatoms. The topological polar surface area (TPSA) is 104 Å². The molecule has 32 heavy (non-hydrogen) atoms. The molecule has 9 nitrogen and oxygen atoms in total. The number of hydrogen-bond acceptors (Lipinski definition) is 7. The fourth-order valence-electron chi connectivity index (χ4n) is 3.69. The molecule has 2 aromatic carbocycles. The van der Waals surface area contributed by atoms with Crippen LogP contribution in [0.2, 0.25) is 0 Å². The van der Waals surface area contributed by atoms with Gasteiger partial charge in [0.25, 0.3) is 15.9 Å². The van der Waals surface area contributed by atoms with E-state index in [-0.39, 0.29) is 27.7 Å². The van der Waals surface area contributed by atoms with E-state index >= 15 is 0 Å². The van der Waals surface area contributed by atoms with E-state index in [0.717, 1.165) is 3.97 Å². The summed E-state index contributed by atoms with van der Waals surface area (Å²) in [6, 6.07) is 10.8. The number of amides is 1. The maximum absolute atomic E-state index is 13.5. The van der Waals surface area contributed by atoms with Gasteiger partial charge in [-0.2, -0.15) is 0 Å². The lowest BCUT2D eigenvalue weighted by molar-refractivity contribution is 0.0300. The molecule has 0 N–H and O–H groups in total. The molecule has 0 atom stereocenters. The maximum Gasteiger partial charge on any atom is 0.340 e. The number of nitrogens with zero attached hydrogens (tertiary/aromatic N) is 2. The molecule has 168 valence electrons. The van der Waals surface area contributed by atoms with E-state index in [4.69, 9.17) is 14.2 Å². The van der Waals surface area contributed by atoms with Gasteiger partial charge in [-0.05, 0) is 24.3 Å². The summed E-state index contributed by atoms with van der Waals surface area (Å²) in [6.07, 6.45) is 1.24. The third kappa shape index (κ3) is 3.71. The van der Waals surface area contributed by atoms with E-state index in [1.54, 1.807) is 29.2 Å². The molecule has 1 saturated heterocycles. The fourth-order valence-corrected chi connectivity index (χ4v) is 5.08. The van der Waals surface area contributed by atoms with Crippen LogP contribution < -0.4 is 4.74 Å². The molecule has 1 aliphatic heterocycles. The number of carbonyl (C=O) groups is 2. The van der Waals surface area contributed by atoms with Crippen molar-refractivity contribution in [3.05, 3.63) is 59.8 Å². The Morgan fingerprint density at radius 1 is 1.00 bits per heavy atom. The van der Waals surface area contributed by atoms with Crippen molar-refractivity contribution in [2.75, 3.05) is 40.5 Å². The number of methoxy groups -OCH3 is 2. The van der Waals surface area contributed by atoms with Crippen molar-refractivity contribution in [2.45, 2.75) is 4.90 Å². The molecule has 1 aliphatic rings. The summed E-state index contributed by atoms with van der Waals surface area (Å²) in [5.41, 5.74) is 0.592. The molecule has 0 saturated carbocycles. The van der Waals surface area contributed by atoms with Crippen LogP contribution in [0.1, 0.15) is 20.7 Å². The van der Waals surface area contributed by atoms with Crippen molar-refractivity contribution < 1.29 is 32.2 Å². The third-order valence-corrected chi connectivity index (χ3v) is 7.01. The standard InChI is InChI=1S/C22H22N2O7S/c1-29-20-8-7-15(13-17(20)21(25)23-9-11-31-12-10-23)32(27,28)24-14-18(22(26)30-2)16-5-3-4-6-19(16)24/h3-8,13-14H,9-12H2,1-2H3. The molecule has 3 aromatic rings. The number of morpholine rings is 1. The van der Waals surface area contributed by atoms with Crippen molar-refractivity contribution in [1.82, 2.24) is 8.87 Å². The van der Waals surface area contributed by atoms with Crippen LogP contribution in [0.3, 0.4) is 0 Å². The number of esters is 1. The largest absolute Gasteiger partial charge is 0.496 e. The Morgan fingerprint density at radius 2 is 1.72 bits per heavy atom. The number of benzene rings is 2. The van der Waals surface area contributed by atoms with Gasteiger partial charge >= 0.3 is 5.97 Å². The second kappa shape index (κ2) is 8.64. The first-order valence-electron chi connectivity index (χ1n) is 9.87. The molecule has 0 bridgehead atoms. The highest BCUT2D eigenvalue weighted by molar-refractivity contribution is 7.90. The van der Waals surface area contributed by atoms with Crippen molar-refractivity contribution >= 4 is 32.8 Å². The minimum Gasteiger partial charge on any atom is -0.496 e. The van der Waals surface area contributed by atoms with E-state index in [1.165, 1.54) is 38.6 Å². The normalized spacial score (nSPS) is 14.4. The zero-order chi connectivity index (χ0) is 22.9. The van der Waals surface area contributed by atoms with Gasteiger partial charge in [-0.1, -0.05) is 18.2 Å². The number of aromatic nitrogens is 1. The number of ether oxygens (including phenoxy) is 3.